The van der Waals surface area contributed by atoms with Gasteiger partial charge in [0, 0.05) is 15.4 Å². The molecular weight excluding hydrogens is 362 g/mol. The van der Waals surface area contributed by atoms with Gasteiger partial charge in [-0.2, -0.15) is 0 Å². The highest BCUT2D eigenvalue weighted by atomic mass is 79.9. The lowest BCUT2D eigenvalue weighted by Crippen LogP contribution is -2.28. The number of rotatable bonds is 2. The van der Waals surface area contributed by atoms with Crippen molar-refractivity contribution in [3.8, 4) is 16.1 Å². The second kappa shape index (κ2) is 6.02. The third-order valence-corrected chi connectivity index (χ3v) is 4.68. The summed E-state index contributed by atoms with van der Waals surface area (Å²) in [7, 11) is 0. The molecule has 0 radical (unpaired) electrons. The van der Waals surface area contributed by atoms with Gasteiger partial charge in [-0.05, 0) is 36.8 Å². The van der Waals surface area contributed by atoms with E-state index >= 15 is 0 Å². The van der Waals surface area contributed by atoms with E-state index in [-0.39, 0.29) is 10.4 Å². The van der Waals surface area contributed by atoms with Crippen LogP contribution in [0.3, 0.4) is 0 Å². The first-order valence-electron chi connectivity index (χ1n) is 6.65. The Morgan fingerprint density at radius 2 is 1.73 bits per heavy atom. The molecule has 0 atom stereocenters. The van der Waals surface area contributed by atoms with Gasteiger partial charge in [-0.1, -0.05) is 57.1 Å². The minimum Gasteiger partial charge on any atom is -0.269 e. The molecule has 0 N–H and O–H groups in total. The van der Waals surface area contributed by atoms with Crippen LogP contribution in [0.4, 0.5) is 0 Å². The van der Waals surface area contributed by atoms with Crippen LogP contribution in [0.25, 0.3) is 16.1 Å². The van der Waals surface area contributed by atoms with Crippen molar-refractivity contribution < 1.29 is 0 Å². The molecule has 0 unspecified atom stereocenters. The molecule has 0 spiro atoms. The topological polar surface area (TPSA) is 39.1 Å². The van der Waals surface area contributed by atoms with Crippen molar-refractivity contribution >= 4 is 27.3 Å². The largest absolute Gasteiger partial charge is 0.315 e. The van der Waals surface area contributed by atoms with Crippen LogP contribution in [-0.2, 0) is 0 Å². The summed E-state index contributed by atoms with van der Waals surface area (Å²) < 4.78 is 2.11. The van der Waals surface area contributed by atoms with Gasteiger partial charge >= 0.3 is 4.87 Å². The number of hydrogen-bond donors (Lipinski definition) is 0. The maximum absolute atomic E-state index is 12.4. The Hall–Kier alpha value is -1.98. The summed E-state index contributed by atoms with van der Waals surface area (Å²) in [5, 5.41) is 0. The van der Waals surface area contributed by atoms with Crippen LogP contribution in [0, 0.1) is 6.92 Å². The Bertz CT molecular complexity index is 911. The van der Waals surface area contributed by atoms with Gasteiger partial charge in [-0.3, -0.25) is 9.59 Å². The summed E-state index contributed by atoms with van der Waals surface area (Å²) in [5.41, 5.74) is 2.21. The second-order valence-electron chi connectivity index (χ2n) is 4.90. The monoisotopic (exact) mass is 373 g/mol. The van der Waals surface area contributed by atoms with Gasteiger partial charge in [0.2, 0.25) is 0 Å². The Balaban J connectivity index is 2.15. The normalized spacial score (nSPS) is 10.6. The van der Waals surface area contributed by atoms with Crippen LogP contribution >= 0.6 is 27.3 Å². The third kappa shape index (κ3) is 2.96. The smallest absolute Gasteiger partial charge is 0.269 e. The van der Waals surface area contributed by atoms with Crippen molar-refractivity contribution in [3.05, 3.63) is 84.7 Å². The lowest BCUT2D eigenvalue weighted by atomic mass is 10.2. The Kier molecular flexibility index (Phi) is 4.09. The summed E-state index contributed by atoms with van der Waals surface area (Å²) in [6, 6.07) is 16.4. The zero-order valence-corrected chi connectivity index (χ0v) is 14.1. The molecule has 0 fully saturated rings. The van der Waals surface area contributed by atoms with Gasteiger partial charge in [0.25, 0.3) is 5.56 Å². The first-order chi connectivity index (χ1) is 10.5. The molecule has 3 rings (SSSR count). The first-order valence-corrected chi connectivity index (χ1v) is 8.26. The quantitative estimate of drug-likeness (QED) is 0.680. The fraction of sp³-hybridized carbons (Fsp3) is 0.0588. The fourth-order valence-corrected chi connectivity index (χ4v) is 3.42. The summed E-state index contributed by atoms with van der Waals surface area (Å²) in [5.74, 6) is 0. The van der Waals surface area contributed by atoms with Crippen LogP contribution in [0.2, 0.25) is 0 Å². The van der Waals surface area contributed by atoms with Crippen molar-refractivity contribution in [2.75, 3.05) is 0 Å². The van der Waals surface area contributed by atoms with E-state index in [0.717, 1.165) is 26.9 Å². The summed E-state index contributed by atoms with van der Waals surface area (Å²) in [6.07, 6.45) is 0. The molecule has 0 saturated heterocycles. The van der Waals surface area contributed by atoms with Gasteiger partial charge in [0.15, 0.2) is 0 Å². The molecule has 110 valence electrons. The minimum absolute atomic E-state index is 0.286. The molecular formula is C17H12BrNO2S. The number of benzene rings is 2. The molecule has 0 aliphatic heterocycles. The van der Waals surface area contributed by atoms with Gasteiger partial charge in [0.1, 0.15) is 0 Å². The van der Waals surface area contributed by atoms with E-state index in [4.69, 9.17) is 0 Å². The van der Waals surface area contributed by atoms with E-state index in [2.05, 4.69) is 15.9 Å². The maximum atomic E-state index is 12.4. The van der Waals surface area contributed by atoms with Gasteiger partial charge in [0.05, 0.1) is 5.69 Å². The summed E-state index contributed by atoms with van der Waals surface area (Å²) >= 11 is 4.46. The molecule has 0 aliphatic rings. The number of aryl methyl sites for hydroxylation is 1. The first kappa shape index (κ1) is 14.9. The molecule has 1 heterocycles. The molecule has 22 heavy (non-hydrogen) atoms. The average Bonchev–Trinajstić information content (AvgIpc) is 2.48. The van der Waals surface area contributed by atoms with E-state index in [1.807, 2.05) is 43.3 Å². The van der Waals surface area contributed by atoms with E-state index in [1.54, 1.807) is 12.1 Å². The van der Waals surface area contributed by atoms with E-state index in [9.17, 15) is 9.59 Å². The molecule has 3 aromatic rings. The van der Waals surface area contributed by atoms with E-state index in [0.29, 0.717) is 10.6 Å². The van der Waals surface area contributed by atoms with Crippen LogP contribution in [0.15, 0.2) is 68.7 Å². The van der Waals surface area contributed by atoms with Crippen molar-refractivity contribution in [2.45, 2.75) is 6.92 Å². The third-order valence-electron chi connectivity index (χ3n) is 3.26. The standard InChI is InChI=1S/C17H12BrNO2S/c1-11-5-7-14(8-6-11)19-16(20)10-15(22-17(19)21)12-3-2-4-13(18)9-12/h2-10H,1H3. The number of nitrogens with zero attached hydrogens (tertiary/aromatic N) is 1. The fourth-order valence-electron chi connectivity index (χ4n) is 2.15. The van der Waals surface area contributed by atoms with Crippen molar-refractivity contribution in [1.29, 1.82) is 0 Å². The number of halogens is 1. The highest BCUT2D eigenvalue weighted by Gasteiger charge is 2.09. The van der Waals surface area contributed by atoms with Crippen molar-refractivity contribution in [3.63, 3.8) is 0 Å². The number of aromatic nitrogens is 1. The molecule has 5 heteroatoms. The van der Waals surface area contributed by atoms with Crippen molar-refractivity contribution in [2.24, 2.45) is 0 Å². The van der Waals surface area contributed by atoms with E-state index in [1.165, 1.54) is 10.6 Å². The highest BCUT2D eigenvalue weighted by Crippen LogP contribution is 2.23. The molecule has 0 saturated carbocycles. The second-order valence-corrected chi connectivity index (χ2v) is 6.80. The molecule has 0 bridgehead atoms. The lowest BCUT2D eigenvalue weighted by Gasteiger charge is -2.06. The zero-order valence-electron chi connectivity index (χ0n) is 11.7. The zero-order chi connectivity index (χ0) is 15.7. The van der Waals surface area contributed by atoms with Crippen LogP contribution < -0.4 is 10.4 Å². The van der Waals surface area contributed by atoms with Crippen LogP contribution in [0.1, 0.15) is 5.56 Å². The molecule has 3 nitrogen and oxygen atoms in total. The highest BCUT2D eigenvalue weighted by molar-refractivity contribution is 9.10. The van der Waals surface area contributed by atoms with Gasteiger partial charge in [-0.15, -0.1) is 0 Å². The molecule has 2 aromatic carbocycles. The predicted octanol–water partition coefficient (Wildman–Crippen LogP) is 4.00. The number of hydrogen-bond acceptors (Lipinski definition) is 3. The molecule has 0 amide bonds. The lowest BCUT2D eigenvalue weighted by molar-refractivity contribution is 0.972. The summed E-state index contributed by atoms with van der Waals surface area (Å²) in [4.78, 5) is 25.1. The van der Waals surface area contributed by atoms with Gasteiger partial charge < -0.3 is 0 Å². The maximum Gasteiger partial charge on any atom is 0.315 e. The van der Waals surface area contributed by atoms with Crippen LogP contribution in [-0.4, -0.2) is 4.57 Å². The van der Waals surface area contributed by atoms with E-state index < -0.39 is 0 Å². The van der Waals surface area contributed by atoms with Crippen molar-refractivity contribution in [1.82, 2.24) is 4.57 Å². The molecule has 1 aromatic heterocycles. The average molecular weight is 374 g/mol. The van der Waals surface area contributed by atoms with Gasteiger partial charge in [-0.25, -0.2) is 4.57 Å². The Morgan fingerprint density at radius 1 is 1.00 bits per heavy atom. The van der Waals surface area contributed by atoms with Crippen LogP contribution in [0.5, 0.6) is 0 Å². The summed E-state index contributed by atoms with van der Waals surface area (Å²) in [6.45, 7) is 1.96. The minimum atomic E-state index is -0.317. The Morgan fingerprint density at radius 3 is 2.36 bits per heavy atom. The SMILES string of the molecule is Cc1ccc(-n2c(=O)cc(-c3cccc(Br)c3)sc2=O)cc1. The molecule has 0 aliphatic carbocycles. The Labute approximate surface area is 139 Å². The predicted molar refractivity (Wildman–Crippen MR) is 94.1 cm³/mol.